The van der Waals surface area contributed by atoms with Crippen LogP contribution in [0.4, 0.5) is 22.0 Å². The Morgan fingerprint density at radius 2 is 1.79 bits per heavy atom. The monoisotopic (exact) mass is 561 g/mol. The molecule has 4 amide bonds. The van der Waals surface area contributed by atoms with E-state index in [9.17, 15) is 46.4 Å². The van der Waals surface area contributed by atoms with Gasteiger partial charge in [-0.3, -0.25) is 19.2 Å². The molecule has 0 radical (unpaired) electrons. The molecule has 3 saturated heterocycles. The Morgan fingerprint density at radius 1 is 1.08 bits per heavy atom. The highest BCUT2D eigenvalue weighted by molar-refractivity contribution is 5.94. The third-order valence-corrected chi connectivity index (χ3v) is 8.51. The Morgan fingerprint density at radius 3 is 2.36 bits per heavy atom. The second kappa shape index (κ2) is 11.3. The minimum Gasteiger partial charge on any atom is -0.356 e. The molecule has 39 heavy (non-hydrogen) atoms. The number of rotatable bonds is 8. The molecule has 5 rings (SSSR count). The van der Waals surface area contributed by atoms with Gasteiger partial charge in [0.2, 0.25) is 17.7 Å². The van der Waals surface area contributed by atoms with Gasteiger partial charge < -0.3 is 20.9 Å². The number of alkyl halides is 5. The molecule has 0 aromatic heterocycles. The van der Waals surface area contributed by atoms with Gasteiger partial charge in [-0.05, 0) is 44.4 Å². The summed E-state index contributed by atoms with van der Waals surface area (Å²) in [6.45, 7) is 0.489. The normalized spacial score (nSPS) is 29.8. The molecule has 2 bridgehead atoms. The van der Waals surface area contributed by atoms with E-state index in [1.54, 1.807) is 5.32 Å². The van der Waals surface area contributed by atoms with Gasteiger partial charge in [-0.2, -0.15) is 18.4 Å². The van der Waals surface area contributed by atoms with Crippen LogP contribution in [0.5, 0.6) is 0 Å². The van der Waals surface area contributed by atoms with Crippen molar-refractivity contribution >= 4 is 23.6 Å². The molecule has 2 saturated carbocycles. The highest BCUT2D eigenvalue weighted by Crippen LogP contribution is 2.49. The Balaban J connectivity index is 1.57. The molecule has 6 atom stereocenters. The van der Waals surface area contributed by atoms with Crippen LogP contribution in [0.1, 0.15) is 64.2 Å². The van der Waals surface area contributed by atoms with E-state index in [2.05, 4.69) is 10.6 Å². The first-order valence-electron chi connectivity index (χ1n) is 13.4. The molecule has 5 fully saturated rings. The summed E-state index contributed by atoms with van der Waals surface area (Å²) in [6, 6.07) is -3.82. The zero-order valence-electron chi connectivity index (χ0n) is 21.2. The van der Waals surface area contributed by atoms with Crippen LogP contribution in [0.3, 0.4) is 0 Å². The highest BCUT2D eigenvalue weighted by atomic mass is 19.4. The molecule has 3 aliphatic heterocycles. The number of nitriles is 1. The van der Waals surface area contributed by atoms with Crippen molar-refractivity contribution in [3.8, 4) is 6.07 Å². The van der Waals surface area contributed by atoms with E-state index in [0.29, 0.717) is 32.2 Å². The van der Waals surface area contributed by atoms with Crippen LogP contribution < -0.4 is 16.0 Å². The van der Waals surface area contributed by atoms with Gasteiger partial charge in [0.1, 0.15) is 18.1 Å². The maximum atomic E-state index is 15.0. The van der Waals surface area contributed by atoms with Crippen molar-refractivity contribution in [3.05, 3.63) is 0 Å². The molecular weight excluding hydrogens is 529 g/mol. The summed E-state index contributed by atoms with van der Waals surface area (Å²) in [5.41, 5.74) is 0. The van der Waals surface area contributed by atoms with Crippen molar-refractivity contribution in [3.63, 3.8) is 0 Å². The fraction of sp³-hybridized carbons (Fsp3) is 0.800. The quantitative estimate of drug-likeness (QED) is 0.391. The van der Waals surface area contributed by atoms with Crippen molar-refractivity contribution < 1.29 is 41.1 Å². The van der Waals surface area contributed by atoms with Gasteiger partial charge in [0.05, 0.1) is 12.0 Å². The maximum absolute atomic E-state index is 15.0. The smallest absolute Gasteiger partial charge is 0.356 e. The molecule has 216 valence electrons. The predicted molar refractivity (Wildman–Crippen MR) is 125 cm³/mol. The van der Waals surface area contributed by atoms with Crippen molar-refractivity contribution in [2.75, 3.05) is 6.54 Å². The van der Waals surface area contributed by atoms with Crippen LogP contribution in [-0.2, 0) is 19.2 Å². The molecule has 3 N–H and O–H groups in total. The third-order valence-electron chi connectivity index (χ3n) is 8.51. The molecule has 3 heterocycles. The minimum atomic E-state index is -5.26. The summed E-state index contributed by atoms with van der Waals surface area (Å²) in [7, 11) is 0. The van der Waals surface area contributed by atoms with E-state index in [1.807, 2.05) is 6.07 Å². The molecule has 2 aliphatic carbocycles. The second-order valence-electron chi connectivity index (χ2n) is 11.1. The van der Waals surface area contributed by atoms with Crippen molar-refractivity contribution in [1.82, 2.24) is 20.9 Å². The van der Waals surface area contributed by atoms with Gasteiger partial charge in [0, 0.05) is 24.9 Å². The van der Waals surface area contributed by atoms with E-state index >= 15 is 0 Å². The van der Waals surface area contributed by atoms with Crippen LogP contribution in [0.25, 0.3) is 0 Å². The van der Waals surface area contributed by atoms with Crippen LogP contribution in [0.2, 0.25) is 0 Å². The van der Waals surface area contributed by atoms with Gasteiger partial charge in [0.25, 0.3) is 5.92 Å². The zero-order chi connectivity index (χ0) is 28.5. The van der Waals surface area contributed by atoms with Gasteiger partial charge in [-0.25, -0.2) is 8.78 Å². The van der Waals surface area contributed by atoms with E-state index in [4.69, 9.17) is 0 Å². The third kappa shape index (κ3) is 6.27. The minimum absolute atomic E-state index is 0.0504. The summed E-state index contributed by atoms with van der Waals surface area (Å²) >= 11 is 0. The number of amides is 4. The van der Waals surface area contributed by atoms with Crippen molar-refractivity contribution in [2.45, 2.75) is 100 Å². The number of hydrogen-bond donors (Lipinski definition) is 3. The summed E-state index contributed by atoms with van der Waals surface area (Å²) in [5.74, 6) is -10.2. The Hall–Kier alpha value is -2.98. The standard InChI is InChI=1S/C25H32F5N5O4/c26-24(27)11-16-6-7-17(24)19(21(37)33-15(12-31)10-14-5-2-8-32-20(14)36)35(16)22(38)18(9-13-3-1-4-13)34-23(39)25(28,29)30/h13-19H,1-11H2,(H,32,36)(H,33,37)(H,34,39)/t14-,15-,16-,17-,18+,19-/m1/s1. The SMILES string of the molecule is N#C[C@@H](C[C@H]1CCCNC1=O)NC(=O)[C@H]1[C@H]2CC[C@H](CC2(F)F)N1C(=O)[C@H](CC1CCC1)NC(=O)C(F)(F)F. The lowest BCUT2D eigenvalue weighted by atomic mass is 9.71. The lowest BCUT2D eigenvalue weighted by Gasteiger charge is -2.54. The lowest BCUT2D eigenvalue weighted by molar-refractivity contribution is -0.196. The Kier molecular flexibility index (Phi) is 8.37. The second-order valence-corrected chi connectivity index (χ2v) is 11.1. The number of piperidine rings is 3. The number of carbonyl (C=O) groups is 4. The number of fused-ring (bicyclic) bond motifs is 3. The number of halogens is 5. The number of hydrogen-bond acceptors (Lipinski definition) is 5. The molecule has 0 unspecified atom stereocenters. The van der Waals surface area contributed by atoms with E-state index in [1.165, 1.54) is 0 Å². The Bertz CT molecular complexity index is 1030. The molecule has 5 aliphatic rings. The molecule has 0 aromatic rings. The number of carbonyl (C=O) groups excluding carboxylic acids is 4. The summed E-state index contributed by atoms with van der Waals surface area (Å²) in [6.07, 6.45) is -2.84. The fourth-order valence-electron chi connectivity index (χ4n) is 6.27. The molecular formula is C25H32F5N5O4. The summed E-state index contributed by atoms with van der Waals surface area (Å²) < 4.78 is 69.1. The molecule has 14 heteroatoms. The van der Waals surface area contributed by atoms with E-state index in [-0.39, 0.29) is 37.5 Å². The largest absolute Gasteiger partial charge is 0.471 e. The van der Waals surface area contributed by atoms with Crippen LogP contribution >= 0.6 is 0 Å². The van der Waals surface area contributed by atoms with Gasteiger partial charge in [-0.1, -0.05) is 19.3 Å². The highest BCUT2D eigenvalue weighted by Gasteiger charge is 2.61. The van der Waals surface area contributed by atoms with Crippen molar-refractivity contribution in [2.24, 2.45) is 17.8 Å². The topological polar surface area (TPSA) is 131 Å². The fourth-order valence-corrected chi connectivity index (χ4v) is 6.27. The maximum Gasteiger partial charge on any atom is 0.471 e. The average molecular weight is 562 g/mol. The first-order chi connectivity index (χ1) is 18.3. The van der Waals surface area contributed by atoms with Crippen LogP contribution in [0, 0.1) is 29.1 Å². The first-order valence-corrected chi connectivity index (χ1v) is 13.4. The van der Waals surface area contributed by atoms with Gasteiger partial charge >= 0.3 is 12.1 Å². The summed E-state index contributed by atoms with van der Waals surface area (Å²) in [5, 5.41) is 16.4. The predicted octanol–water partition coefficient (Wildman–Crippen LogP) is 2.16. The van der Waals surface area contributed by atoms with E-state index in [0.717, 1.165) is 11.3 Å². The van der Waals surface area contributed by atoms with Crippen LogP contribution in [-0.4, -0.2) is 71.3 Å². The van der Waals surface area contributed by atoms with Crippen molar-refractivity contribution in [1.29, 1.82) is 5.26 Å². The number of nitrogens with one attached hydrogen (secondary N) is 3. The van der Waals surface area contributed by atoms with Gasteiger partial charge in [-0.15, -0.1) is 0 Å². The number of nitrogens with zero attached hydrogens (tertiary/aromatic N) is 2. The first kappa shape index (κ1) is 29.0. The lowest BCUT2D eigenvalue weighted by Crippen LogP contribution is -2.71. The van der Waals surface area contributed by atoms with Gasteiger partial charge in [0.15, 0.2) is 0 Å². The molecule has 9 nitrogen and oxygen atoms in total. The molecule has 0 spiro atoms. The van der Waals surface area contributed by atoms with E-state index < -0.39 is 72.2 Å². The molecule has 0 aromatic carbocycles. The average Bonchev–Trinajstić information content (AvgIpc) is 2.84. The zero-order valence-corrected chi connectivity index (χ0v) is 21.2. The van der Waals surface area contributed by atoms with Crippen LogP contribution in [0.15, 0.2) is 0 Å². The Labute approximate surface area is 222 Å². The summed E-state index contributed by atoms with van der Waals surface area (Å²) in [4.78, 5) is 51.9.